The molecule has 0 aliphatic heterocycles. The Labute approximate surface area is 191 Å². The fourth-order valence-corrected chi connectivity index (χ4v) is 3.90. The zero-order chi connectivity index (χ0) is 22.1. The third-order valence-corrected chi connectivity index (χ3v) is 5.69. The molecular formula is C24H18BrN5O2. The molecule has 0 aliphatic carbocycles. The van der Waals surface area contributed by atoms with E-state index in [1.165, 1.54) is 10.9 Å². The van der Waals surface area contributed by atoms with E-state index in [2.05, 4.69) is 36.2 Å². The molecule has 2 N–H and O–H groups in total. The number of benzene rings is 3. The van der Waals surface area contributed by atoms with Crippen LogP contribution in [0.1, 0.15) is 6.42 Å². The van der Waals surface area contributed by atoms with Crippen molar-refractivity contribution in [2.24, 2.45) is 0 Å². The van der Waals surface area contributed by atoms with E-state index >= 15 is 0 Å². The third kappa shape index (κ3) is 4.04. The molecule has 0 fully saturated rings. The molecule has 32 heavy (non-hydrogen) atoms. The maximum absolute atomic E-state index is 12.6. The van der Waals surface area contributed by atoms with Gasteiger partial charge in [-0.2, -0.15) is 0 Å². The average molecular weight is 488 g/mol. The summed E-state index contributed by atoms with van der Waals surface area (Å²) in [5.41, 5.74) is 3.96. The summed E-state index contributed by atoms with van der Waals surface area (Å²) in [6.07, 6.45) is 1.64. The summed E-state index contributed by atoms with van der Waals surface area (Å²) in [5.74, 6) is 0.599. The van der Waals surface area contributed by atoms with Crippen LogP contribution >= 0.6 is 15.9 Å². The number of halogens is 1. The highest BCUT2D eigenvalue weighted by Crippen LogP contribution is 2.22. The minimum Gasteiger partial charge on any atom is -0.338 e. The zero-order valence-corrected chi connectivity index (χ0v) is 18.5. The second-order valence-electron chi connectivity index (χ2n) is 7.38. The van der Waals surface area contributed by atoms with Crippen molar-refractivity contribution in [2.75, 3.05) is 5.32 Å². The monoisotopic (exact) mass is 487 g/mol. The van der Waals surface area contributed by atoms with Crippen molar-refractivity contribution in [1.82, 2.24) is 19.5 Å². The number of nitrogens with zero attached hydrogens (tertiary/aromatic N) is 3. The number of nitrogens with one attached hydrogen (secondary N) is 2. The van der Waals surface area contributed by atoms with Crippen LogP contribution < -0.4 is 10.9 Å². The average Bonchev–Trinajstić information content (AvgIpc) is 3.24. The van der Waals surface area contributed by atoms with Gasteiger partial charge in [-0.25, -0.2) is 9.97 Å². The number of fused-ring (bicyclic) bond motifs is 2. The number of hydrogen-bond acceptors (Lipinski definition) is 4. The molecule has 0 spiro atoms. The van der Waals surface area contributed by atoms with Gasteiger partial charge in [0.05, 0.1) is 28.3 Å². The van der Waals surface area contributed by atoms with Crippen LogP contribution in [0.5, 0.6) is 0 Å². The van der Waals surface area contributed by atoms with Crippen LogP contribution in [0.3, 0.4) is 0 Å². The summed E-state index contributed by atoms with van der Waals surface area (Å²) in [7, 11) is 0. The van der Waals surface area contributed by atoms with Crippen molar-refractivity contribution in [2.45, 2.75) is 13.0 Å². The van der Waals surface area contributed by atoms with Gasteiger partial charge in [0.2, 0.25) is 5.91 Å². The maximum Gasteiger partial charge on any atom is 0.261 e. The summed E-state index contributed by atoms with van der Waals surface area (Å²) in [4.78, 5) is 37.2. The molecule has 0 saturated carbocycles. The first-order valence-corrected chi connectivity index (χ1v) is 10.9. The van der Waals surface area contributed by atoms with E-state index in [9.17, 15) is 9.59 Å². The lowest BCUT2D eigenvalue weighted by atomic mass is 10.2. The van der Waals surface area contributed by atoms with Gasteiger partial charge in [-0.1, -0.05) is 28.1 Å². The lowest BCUT2D eigenvalue weighted by Gasteiger charge is -2.08. The van der Waals surface area contributed by atoms with Crippen molar-refractivity contribution in [3.63, 3.8) is 0 Å². The molecule has 0 unspecified atom stereocenters. The number of hydrogen-bond donors (Lipinski definition) is 2. The van der Waals surface area contributed by atoms with Crippen LogP contribution in [0, 0.1) is 0 Å². The Morgan fingerprint density at radius 3 is 2.66 bits per heavy atom. The van der Waals surface area contributed by atoms with Crippen LogP contribution in [0.2, 0.25) is 0 Å². The molecule has 2 heterocycles. The Bertz CT molecular complexity index is 1470. The molecule has 3 aromatic carbocycles. The standard InChI is InChI=1S/C24H18BrN5O2/c25-16-7-10-19-18(13-16)24(32)30(14-26-19)12-11-22(31)27-17-8-5-15(6-9-17)23-28-20-3-1-2-4-21(20)29-23/h1-10,13-14H,11-12H2,(H,27,31)(H,28,29). The van der Waals surface area contributed by atoms with Crippen LogP contribution in [0.4, 0.5) is 5.69 Å². The number of carbonyl (C=O) groups is 1. The summed E-state index contributed by atoms with van der Waals surface area (Å²) < 4.78 is 2.27. The topological polar surface area (TPSA) is 92.7 Å². The van der Waals surface area contributed by atoms with Crippen molar-refractivity contribution >= 4 is 49.5 Å². The summed E-state index contributed by atoms with van der Waals surface area (Å²) >= 11 is 3.37. The Morgan fingerprint density at radius 2 is 1.84 bits per heavy atom. The molecule has 8 heteroatoms. The number of H-pyrrole nitrogens is 1. The van der Waals surface area contributed by atoms with Crippen molar-refractivity contribution in [3.8, 4) is 11.4 Å². The first-order chi connectivity index (χ1) is 15.6. The predicted octanol–water partition coefficient (Wildman–Crippen LogP) is 4.73. The molecule has 0 aliphatic rings. The molecule has 158 valence electrons. The van der Waals surface area contributed by atoms with E-state index in [-0.39, 0.29) is 24.4 Å². The summed E-state index contributed by atoms with van der Waals surface area (Å²) in [6.45, 7) is 0.247. The fraction of sp³-hybridized carbons (Fsp3) is 0.0833. The van der Waals surface area contributed by atoms with Gasteiger partial charge < -0.3 is 10.3 Å². The van der Waals surface area contributed by atoms with Crippen molar-refractivity contribution < 1.29 is 4.79 Å². The largest absolute Gasteiger partial charge is 0.338 e. The van der Waals surface area contributed by atoms with Crippen LogP contribution in [-0.2, 0) is 11.3 Å². The summed E-state index contributed by atoms with van der Waals surface area (Å²) in [5, 5.41) is 3.39. The van der Waals surface area contributed by atoms with E-state index in [0.29, 0.717) is 16.6 Å². The number of para-hydroxylation sites is 2. The molecule has 1 amide bonds. The molecule has 0 saturated heterocycles. The first kappa shape index (κ1) is 20.1. The second kappa shape index (κ2) is 8.39. The fourth-order valence-electron chi connectivity index (χ4n) is 3.54. The number of amides is 1. The van der Waals surface area contributed by atoms with Crippen LogP contribution in [0.25, 0.3) is 33.3 Å². The van der Waals surface area contributed by atoms with E-state index in [0.717, 1.165) is 26.9 Å². The Morgan fingerprint density at radius 1 is 1.03 bits per heavy atom. The number of imidazole rings is 1. The molecular weight excluding hydrogens is 470 g/mol. The molecule has 5 rings (SSSR count). The Balaban J connectivity index is 1.25. The molecule has 7 nitrogen and oxygen atoms in total. The number of rotatable bonds is 5. The van der Waals surface area contributed by atoms with Gasteiger partial charge >= 0.3 is 0 Å². The van der Waals surface area contributed by atoms with Gasteiger partial charge in [-0.05, 0) is 54.6 Å². The lowest BCUT2D eigenvalue weighted by Crippen LogP contribution is -2.23. The van der Waals surface area contributed by atoms with Gasteiger partial charge in [0, 0.05) is 28.7 Å². The van der Waals surface area contributed by atoms with Crippen molar-refractivity contribution in [1.29, 1.82) is 0 Å². The minimum absolute atomic E-state index is 0.159. The highest BCUT2D eigenvalue weighted by atomic mass is 79.9. The number of aryl methyl sites for hydroxylation is 1. The van der Waals surface area contributed by atoms with E-state index in [1.807, 2.05) is 54.6 Å². The highest BCUT2D eigenvalue weighted by Gasteiger charge is 2.09. The Hall–Kier alpha value is -3.78. The van der Waals surface area contributed by atoms with Gasteiger partial charge in [-0.15, -0.1) is 0 Å². The molecule has 2 aromatic heterocycles. The van der Waals surface area contributed by atoms with E-state index in [4.69, 9.17) is 0 Å². The first-order valence-electron chi connectivity index (χ1n) is 10.1. The molecule has 5 aromatic rings. The summed E-state index contributed by atoms with van der Waals surface area (Å²) in [6, 6.07) is 20.7. The minimum atomic E-state index is -0.178. The normalized spacial score (nSPS) is 11.2. The maximum atomic E-state index is 12.6. The number of aromatic nitrogens is 4. The highest BCUT2D eigenvalue weighted by molar-refractivity contribution is 9.10. The van der Waals surface area contributed by atoms with Crippen LogP contribution in [-0.4, -0.2) is 25.4 Å². The SMILES string of the molecule is O=C(CCn1cnc2ccc(Br)cc2c1=O)Nc1ccc(-c2nc3ccccc3[nH]2)cc1. The van der Waals surface area contributed by atoms with Gasteiger partial charge in [-0.3, -0.25) is 14.2 Å². The van der Waals surface area contributed by atoms with Gasteiger partial charge in [0.25, 0.3) is 5.56 Å². The van der Waals surface area contributed by atoms with E-state index < -0.39 is 0 Å². The Kier molecular flexibility index (Phi) is 5.28. The molecule has 0 radical (unpaired) electrons. The number of aromatic amines is 1. The van der Waals surface area contributed by atoms with Crippen molar-refractivity contribution in [3.05, 3.63) is 87.9 Å². The third-order valence-electron chi connectivity index (χ3n) is 5.20. The number of anilines is 1. The second-order valence-corrected chi connectivity index (χ2v) is 8.30. The molecule has 0 bridgehead atoms. The van der Waals surface area contributed by atoms with E-state index in [1.54, 1.807) is 12.1 Å². The van der Waals surface area contributed by atoms with Crippen LogP contribution in [0.15, 0.2) is 82.3 Å². The predicted molar refractivity (Wildman–Crippen MR) is 128 cm³/mol. The zero-order valence-electron chi connectivity index (χ0n) is 16.9. The quantitative estimate of drug-likeness (QED) is 0.374. The number of carbonyl (C=O) groups excluding carboxylic acids is 1. The van der Waals surface area contributed by atoms with Gasteiger partial charge in [0.1, 0.15) is 5.82 Å². The smallest absolute Gasteiger partial charge is 0.261 e. The van der Waals surface area contributed by atoms with Gasteiger partial charge in [0.15, 0.2) is 0 Å². The lowest BCUT2D eigenvalue weighted by molar-refractivity contribution is -0.116. The molecule has 0 atom stereocenters.